The lowest BCUT2D eigenvalue weighted by Gasteiger charge is -2.18. The number of nitrogens with zero attached hydrogens (tertiary/aromatic N) is 1. The summed E-state index contributed by atoms with van der Waals surface area (Å²) in [7, 11) is -3.67. The molecule has 1 heterocycles. The van der Waals surface area contributed by atoms with E-state index in [0.29, 0.717) is 23.4 Å². The standard InChI is InChI=1S/C22H20N2O3S/c1-16-15-18(22(25)24-14-13-17-7-5-6-10-21(17)24)11-12-20(16)23-28(26,27)19-8-3-2-4-9-19/h2-12,15,23H,13-14H2,1H3. The number of para-hydroxylation sites is 1. The topological polar surface area (TPSA) is 66.5 Å². The monoisotopic (exact) mass is 392 g/mol. The first-order valence-corrected chi connectivity index (χ1v) is 10.5. The molecule has 0 aliphatic carbocycles. The first-order chi connectivity index (χ1) is 13.5. The molecule has 5 nitrogen and oxygen atoms in total. The van der Waals surface area contributed by atoms with Crippen LogP contribution in [-0.2, 0) is 16.4 Å². The normalized spacial score (nSPS) is 13.2. The van der Waals surface area contributed by atoms with Gasteiger partial charge in [0.1, 0.15) is 0 Å². The van der Waals surface area contributed by atoms with Crippen LogP contribution in [-0.4, -0.2) is 20.9 Å². The van der Waals surface area contributed by atoms with Gasteiger partial charge >= 0.3 is 0 Å². The number of sulfonamides is 1. The second-order valence-electron chi connectivity index (χ2n) is 6.78. The summed E-state index contributed by atoms with van der Waals surface area (Å²) in [6.45, 7) is 2.44. The van der Waals surface area contributed by atoms with Crippen molar-refractivity contribution >= 4 is 27.3 Å². The zero-order chi connectivity index (χ0) is 19.7. The molecule has 0 saturated heterocycles. The van der Waals surface area contributed by atoms with E-state index in [1.54, 1.807) is 60.4 Å². The van der Waals surface area contributed by atoms with Gasteiger partial charge in [0, 0.05) is 17.8 Å². The maximum atomic E-state index is 13.0. The van der Waals surface area contributed by atoms with E-state index in [1.807, 2.05) is 24.3 Å². The van der Waals surface area contributed by atoms with Crippen LogP contribution in [0, 0.1) is 6.92 Å². The molecular formula is C22H20N2O3S. The molecule has 1 amide bonds. The molecule has 0 aromatic heterocycles. The van der Waals surface area contributed by atoms with E-state index >= 15 is 0 Å². The van der Waals surface area contributed by atoms with Gasteiger partial charge in [-0.15, -0.1) is 0 Å². The fourth-order valence-electron chi connectivity index (χ4n) is 3.42. The number of carbonyl (C=O) groups excluding carboxylic acids is 1. The lowest BCUT2D eigenvalue weighted by Crippen LogP contribution is -2.29. The zero-order valence-corrected chi connectivity index (χ0v) is 16.2. The third-order valence-electron chi connectivity index (χ3n) is 4.90. The Morgan fingerprint density at radius 3 is 2.43 bits per heavy atom. The summed E-state index contributed by atoms with van der Waals surface area (Å²) in [5, 5.41) is 0. The Balaban J connectivity index is 1.58. The summed E-state index contributed by atoms with van der Waals surface area (Å²) in [5.41, 5.74) is 3.80. The van der Waals surface area contributed by atoms with Gasteiger partial charge in [-0.25, -0.2) is 8.42 Å². The summed E-state index contributed by atoms with van der Waals surface area (Å²) in [5.74, 6) is -0.0782. The third-order valence-corrected chi connectivity index (χ3v) is 6.28. The van der Waals surface area contributed by atoms with Crippen molar-refractivity contribution in [2.45, 2.75) is 18.2 Å². The Labute approximate surface area is 164 Å². The highest BCUT2D eigenvalue weighted by Gasteiger charge is 2.25. The molecule has 0 atom stereocenters. The van der Waals surface area contributed by atoms with Crippen molar-refractivity contribution in [2.75, 3.05) is 16.2 Å². The molecule has 3 aromatic rings. The van der Waals surface area contributed by atoms with E-state index < -0.39 is 10.0 Å². The van der Waals surface area contributed by atoms with Gasteiger partial charge in [-0.3, -0.25) is 9.52 Å². The lowest BCUT2D eigenvalue weighted by atomic mass is 10.1. The Morgan fingerprint density at radius 2 is 1.68 bits per heavy atom. The Hall–Kier alpha value is -3.12. The van der Waals surface area contributed by atoms with Crippen LogP contribution in [0.5, 0.6) is 0 Å². The van der Waals surface area contributed by atoms with Crippen LogP contribution in [0.2, 0.25) is 0 Å². The number of nitrogens with one attached hydrogen (secondary N) is 1. The van der Waals surface area contributed by atoms with Crippen molar-refractivity contribution in [1.29, 1.82) is 0 Å². The second-order valence-corrected chi connectivity index (χ2v) is 8.47. The van der Waals surface area contributed by atoms with E-state index in [2.05, 4.69) is 4.72 Å². The summed E-state index contributed by atoms with van der Waals surface area (Å²) in [6, 6.07) is 21.1. The summed E-state index contributed by atoms with van der Waals surface area (Å²) >= 11 is 0. The molecule has 1 aliphatic rings. The van der Waals surface area contributed by atoms with E-state index in [-0.39, 0.29) is 10.8 Å². The van der Waals surface area contributed by atoms with Gasteiger partial charge in [-0.05, 0) is 60.9 Å². The van der Waals surface area contributed by atoms with E-state index in [1.165, 1.54) is 5.56 Å². The second kappa shape index (κ2) is 7.13. The zero-order valence-electron chi connectivity index (χ0n) is 15.4. The summed E-state index contributed by atoms with van der Waals surface area (Å²) in [6.07, 6.45) is 0.843. The van der Waals surface area contributed by atoms with Crippen molar-refractivity contribution in [3.63, 3.8) is 0 Å². The van der Waals surface area contributed by atoms with Crippen LogP contribution >= 0.6 is 0 Å². The maximum Gasteiger partial charge on any atom is 0.261 e. The summed E-state index contributed by atoms with van der Waals surface area (Å²) in [4.78, 5) is 14.9. The molecule has 0 radical (unpaired) electrons. The Bertz CT molecular complexity index is 1140. The first kappa shape index (κ1) is 18.3. The number of carbonyl (C=O) groups is 1. The van der Waals surface area contributed by atoms with Gasteiger partial charge in [-0.1, -0.05) is 36.4 Å². The lowest BCUT2D eigenvalue weighted by molar-refractivity contribution is 0.0989. The first-order valence-electron chi connectivity index (χ1n) is 9.04. The van der Waals surface area contributed by atoms with Crippen LogP contribution in [0.4, 0.5) is 11.4 Å². The van der Waals surface area contributed by atoms with Gasteiger partial charge in [0.25, 0.3) is 15.9 Å². The van der Waals surface area contributed by atoms with Crippen molar-refractivity contribution in [3.05, 3.63) is 89.5 Å². The molecule has 28 heavy (non-hydrogen) atoms. The molecule has 0 fully saturated rings. The van der Waals surface area contributed by atoms with Crippen molar-refractivity contribution in [3.8, 4) is 0 Å². The van der Waals surface area contributed by atoms with Gasteiger partial charge in [0.2, 0.25) is 0 Å². The minimum Gasteiger partial charge on any atom is -0.308 e. The van der Waals surface area contributed by atoms with Crippen LogP contribution in [0.15, 0.2) is 77.7 Å². The van der Waals surface area contributed by atoms with Crippen molar-refractivity contribution in [2.24, 2.45) is 0 Å². The highest BCUT2D eigenvalue weighted by Crippen LogP contribution is 2.29. The van der Waals surface area contributed by atoms with Crippen LogP contribution in [0.3, 0.4) is 0 Å². The predicted molar refractivity (Wildman–Crippen MR) is 110 cm³/mol. The van der Waals surface area contributed by atoms with Gasteiger partial charge in [-0.2, -0.15) is 0 Å². The number of anilines is 2. The van der Waals surface area contributed by atoms with Crippen molar-refractivity contribution in [1.82, 2.24) is 0 Å². The number of hydrogen-bond donors (Lipinski definition) is 1. The molecule has 6 heteroatoms. The number of fused-ring (bicyclic) bond motifs is 1. The molecule has 0 saturated carbocycles. The number of amides is 1. The number of aryl methyl sites for hydroxylation is 1. The third kappa shape index (κ3) is 3.39. The molecule has 4 rings (SSSR count). The molecular weight excluding hydrogens is 372 g/mol. The minimum absolute atomic E-state index is 0.0782. The SMILES string of the molecule is Cc1cc(C(=O)N2CCc3ccccc32)ccc1NS(=O)(=O)c1ccccc1. The molecule has 0 spiro atoms. The molecule has 0 bridgehead atoms. The number of rotatable bonds is 4. The quantitative estimate of drug-likeness (QED) is 0.730. The number of benzene rings is 3. The Kier molecular flexibility index (Phi) is 4.65. The molecule has 1 N–H and O–H groups in total. The largest absolute Gasteiger partial charge is 0.308 e. The summed E-state index contributed by atoms with van der Waals surface area (Å²) < 4.78 is 27.7. The fourth-order valence-corrected chi connectivity index (χ4v) is 4.57. The molecule has 3 aromatic carbocycles. The van der Waals surface area contributed by atoms with E-state index in [4.69, 9.17) is 0 Å². The van der Waals surface area contributed by atoms with Crippen LogP contribution in [0.25, 0.3) is 0 Å². The highest BCUT2D eigenvalue weighted by atomic mass is 32.2. The van der Waals surface area contributed by atoms with Crippen molar-refractivity contribution < 1.29 is 13.2 Å². The maximum absolute atomic E-state index is 13.0. The molecule has 0 unspecified atom stereocenters. The molecule has 1 aliphatic heterocycles. The highest BCUT2D eigenvalue weighted by molar-refractivity contribution is 7.92. The fraction of sp³-hybridized carbons (Fsp3) is 0.136. The van der Waals surface area contributed by atoms with Gasteiger partial charge in [0.15, 0.2) is 0 Å². The van der Waals surface area contributed by atoms with E-state index in [0.717, 1.165) is 12.1 Å². The van der Waals surface area contributed by atoms with Gasteiger partial charge < -0.3 is 4.90 Å². The van der Waals surface area contributed by atoms with Crippen LogP contribution < -0.4 is 9.62 Å². The average Bonchev–Trinajstić information content (AvgIpc) is 3.14. The Morgan fingerprint density at radius 1 is 0.964 bits per heavy atom. The minimum atomic E-state index is -3.67. The number of hydrogen-bond acceptors (Lipinski definition) is 3. The average molecular weight is 392 g/mol. The van der Waals surface area contributed by atoms with Crippen LogP contribution in [0.1, 0.15) is 21.5 Å². The smallest absolute Gasteiger partial charge is 0.261 e. The predicted octanol–water partition coefficient (Wildman–Crippen LogP) is 4.00. The molecule has 142 valence electrons. The van der Waals surface area contributed by atoms with E-state index in [9.17, 15) is 13.2 Å². The van der Waals surface area contributed by atoms with Gasteiger partial charge in [0.05, 0.1) is 10.6 Å².